The number of benzene rings is 1. The van der Waals surface area contributed by atoms with Crippen LogP contribution in [0.15, 0.2) is 35.0 Å². The van der Waals surface area contributed by atoms with E-state index in [4.69, 9.17) is 14.3 Å². The SMILES string of the molecule is C/C=C/Oc1cccc2oc(C(=O)O)c(C)c12. The molecule has 4 heteroatoms. The summed E-state index contributed by atoms with van der Waals surface area (Å²) >= 11 is 0. The number of hydrogen-bond acceptors (Lipinski definition) is 3. The summed E-state index contributed by atoms with van der Waals surface area (Å²) in [7, 11) is 0. The number of hydrogen-bond donors (Lipinski definition) is 1. The van der Waals surface area contributed by atoms with Gasteiger partial charge in [0.15, 0.2) is 0 Å². The van der Waals surface area contributed by atoms with Gasteiger partial charge in [0.2, 0.25) is 5.76 Å². The van der Waals surface area contributed by atoms with E-state index in [9.17, 15) is 4.79 Å². The van der Waals surface area contributed by atoms with E-state index in [1.807, 2.05) is 6.92 Å². The molecule has 1 aromatic carbocycles. The molecule has 1 N–H and O–H groups in total. The van der Waals surface area contributed by atoms with Gasteiger partial charge >= 0.3 is 5.97 Å². The average molecular weight is 232 g/mol. The summed E-state index contributed by atoms with van der Waals surface area (Å²) in [5.74, 6) is -0.526. The molecule has 17 heavy (non-hydrogen) atoms. The second-order valence-corrected chi connectivity index (χ2v) is 3.58. The normalized spacial score (nSPS) is 11.2. The van der Waals surface area contributed by atoms with Gasteiger partial charge in [-0.25, -0.2) is 4.79 Å². The smallest absolute Gasteiger partial charge is 0.372 e. The van der Waals surface area contributed by atoms with Gasteiger partial charge in [0.05, 0.1) is 11.6 Å². The minimum Gasteiger partial charge on any atom is -0.475 e. The van der Waals surface area contributed by atoms with Crippen molar-refractivity contribution < 1.29 is 19.1 Å². The first-order valence-corrected chi connectivity index (χ1v) is 5.18. The van der Waals surface area contributed by atoms with Gasteiger partial charge in [-0.05, 0) is 26.0 Å². The van der Waals surface area contributed by atoms with Gasteiger partial charge < -0.3 is 14.3 Å². The largest absolute Gasteiger partial charge is 0.475 e. The minimum atomic E-state index is -1.07. The molecule has 0 atom stereocenters. The number of allylic oxidation sites excluding steroid dienone is 1. The van der Waals surface area contributed by atoms with Crippen LogP contribution in [-0.2, 0) is 0 Å². The molecule has 1 heterocycles. The molecule has 0 saturated carbocycles. The number of aryl methyl sites for hydroxylation is 1. The Bertz CT molecular complexity index is 593. The van der Waals surface area contributed by atoms with Crippen molar-refractivity contribution in [3.8, 4) is 5.75 Å². The summed E-state index contributed by atoms with van der Waals surface area (Å²) in [5, 5.41) is 9.68. The molecule has 0 aliphatic carbocycles. The molecular formula is C13H12O4. The van der Waals surface area contributed by atoms with Gasteiger partial charge in [0, 0.05) is 5.56 Å². The maximum Gasteiger partial charge on any atom is 0.372 e. The number of carboxylic acid groups (broad SMARTS) is 1. The molecule has 0 aliphatic rings. The molecule has 0 fully saturated rings. The summed E-state index contributed by atoms with van der Waals surface area (Å²) in [6.45, 7) is 3.54. The monoisotopic (exact) mass is 232 g/mol. The molecule has 4 nitrogen and oxygen atoms in total. The van der Waals surface area contributed by atoms with Gasteiger partial charge in [-0.3, -0.25) is 0 Å². The Labute approximate surface area is 98.1 Å². The highest BCUT2D eigenvalue weighted by Crippen LogP contribution is 2.33. The van der Waals surface area contributed by atoms with Crippen molar-refractivity contribution in [1.29, 1.82) is 0 Å². The first kappa shape index (κ1) is 11.3. The average Bonchev–Trinajstić information content (AvgIpc) is 2.65. The van der Waals surface area contributed by atoms with Crippen molar-refractivity contribution >= 4 is 16.9 Å². The Kier molecular flexibility index (Phi) is 2.87. The predicted octanol–water partition coefficient (Wildman–Crippen LogP) is 3.35. The number of ether oxygens (including phenoxy) is 1. The van der Waals surface area contributed by atoms with Crippen LogP contribution in [0.3, 0.4) is 0 Å². The Morgan fingerprint density at radius 1 is 1.47 bits per heavy atom. The predicted molar refractivity (Wildman–Crippen MR) is 63.4 cm³/mol. The van der Waals surface area contributed by atoms with Gasteiger partial charge in [-0.2, -0.15) is 0 Å². The quantitative estimate of drug-likeness (QED) is 0.824. The zero-order chi connectivity index (χ0) is 12.4. The zero-order valence-corrected chi connectivity index (χ0v) is 9.56. The standard InChI is InChI=1S/C13H12O4/c1-3-7-16-9-5-4-6-10-11(9)8(2)12(17-10)13(14)15/h3-7H,1-2H3,(H,14,15)/b7-3+. The van der Waals surface area contributed by atoms with Crippen LogP contribution >= 0.6 is 0 Å². The van der Waals surface area contributed by atoms with Gasteiger partial charge in [-0.15, -0.1) is 0 Å². The highest BCUT2D eigenvalue weighted by Gasteiger charge is 2.19. The van der Waals surface area contributed by atoms with Crippen LogP contribution in [0.2, 0.25) is 0 Å². The molecule has 0 aliphatic heterocycles. The Balaban J connectivity index is 2.66. The van der Waals surface area contributed by atoms with Crippen molar-refractivity contribution in [3.63, 3.8) is 0 Å². The molecule has 0 radical (unpaired) electrons. The highest BCUT2D eigenvalue weighted by atomic mass is 16.5. The number of carbonyl (C=O) groups is 1. The first-order chi connectivity index (χ1) is 8.15. The third-order valence-electron chi connectivity index (χ3n) is 2.44. The Morgan fingerprint density at radius 2 is 2.24 bits per heavy atom. The minimum absolute atomic E-state index is 0.0449. The highest BCUT2D eigenvalue weighted by molar-refractivity contribution is 5.97. The summed E-state index contributed by atoms with van der Waals surface area (Å²) in [6.07, 6.45) is 3.30. The fourth-order valence-corrected chi connectivity index (χ4v) is 1.71. The Morgan fingerprint density at radius 3 is 2.88 bits per heavy atom. The number of furan rings is 1. The lowest BCUT2D eigenvalue weighted by atomic mass is 10.1. The summed E-state index contributed by atoms with van der Waals surface area (Å²) in [5.41, 5.74) is 1.09. The van der Waals surface area contributed by atoms with E-state index >= 15 is 0 Å². The van der Waals surface area contributed by atoms with Crippen molar-refractivity contribution in [1.82, 2.24) is 0 Å². The van der Waals surface area contributed by atoms with E-state index in [0.29, 0.717) is 22.3 Å². The maximum atomic E-state index is 11.0. The van der Waals surface area contributed by atoms with E-state index in [2.05, 4.69) is 0 Å². The molecule has 2 rings (SSSR count). The number of aromatic carboxylic acids is 1. The third kappa shape index (κ3) is 1.89. The van der Waals surface area contributed by atoms with Crippen LogP contribution in [0.5, 0.6) is 5.75 Å². The van der Waals surface area contributed by atoms with Crippen molar-refractivity contribution in [2.75, 3.05) is 0 Å². The molecule has 0 bridgehead atoms. The van der Waals surface area contributed by atoms with Crippen LogP contribution in [0, 0.1) is 6.92 Å². The topological polar surface area (TPSA) is 59.7 Å². The lowest BCUT2D eigenvalue weighted by Gasteiger charge is -2.01. The zero-order valence-electron chi connectivity index (χ0n) is 9.56. The molecule has 0 unspecified atom stereocenters. The van der Waals surface area contributed by atoms with E-state index in [-0.39, 0.29) is 5.76 Å². The fraction of sp³-hybridized carbons (Fsp3) is 0.154. The summed E-state index contributed by atoms with van der Waals surface area (Å²) < 4.78 is 10.7. The van der Waals surface area contributed by atoms with Crippen molar-refractivity contribution in [3.05, 3.63) is 41.9 Å². The molecule has 0 spiro atoms. The summed E-state index contributed by atoms with van der Waals surface area (Å²) in [4.78, 5) is 11.0. The number of fused-ring (bicyclic) bond motifs is 1. The van der Waals surface area contributed by atoms with Crippen molar-refractivity contribution in [2.24, 2.45) is 0 Å². The lowest BCUT2D eigenvalue weighted by molar-refractivity contribution is 0.0664. The first-order valence-electron chi connectivity index (χ1n) is 5.18. The van der Waals surface area contributed by atoms with Gasteiger partial charge in [0.25, 0.3) is 0 Å². The third-order valence-corrected chi connectivity index (χ3v) is 2.44. The number of carboxylic acids is 1. The molecule has 2 aromatic rings. The molecule has 1 aromatic heterocycles. The van der Waals surface area contributed by atoms with Crippen LogP contribution in [0.1, 0.15) is 23.0 Å². The molecular weight excluding hydrogens is 220 g/mol. The fourth-order valence-electron chi connectivity index (χ4n) is 1.71. The maximum absolute atomic E-state index is 11.0. The van der Waals surface area contributed by atoms with Gasteiger partial charge in [-0.1, -0.05) is 12.1 Å². The van der Waals surface area contributed by atoms with Crippen molar-refractivity contribution in [2.45, 2.75) is 13.8 Å². The van der Waals surface area contributed by atoms with E-state index in [1.54, 1.807) is 37.5 Å². The molecule has 0 saturated heterocycles. The Hall–Kier alpha value is -2.23. The van der Waals surface area contributed by atoms with E-state index < -0.39 is 5.97 Å². The molecule has 88 valence electrons. The summed E-state index contributed by atoms with van der Waals surface area (Å²) in [6, 6.07) is 5.25. The van der Waals surface area contributed by atoms with Crippen LogP contribution in [0.4, 0.5) is 0 Å². The lowest BCUT2D eigenvalue weighted by Crippen LogP contribution is -1.95. The van der Waals surface area contributed by atoms with Gasteiger partial charge in [0.1, 0.15) is 11.3 Å². The second-order valence-electron chi connectivity index (χ2n) is 3.58. The van der Waals surface area contributed by atoms with Crippen LogP contribution in [-0.4, -0.2) is 11.1 Å². The second kappa shape index (κ2) is 4.33. The van der Waals surface area contributed by atoms with E-state index in [1.165, 1.54) is 0 Å². The molecule has 0 amide bonds. The van der Waals surface area contributed by atoms with E-state index in [0.717, 1.165) is 0 Å². The van der Waals surface area contributed by atoms with Crippen LogP contribution < -0.4 is 4.74 Å². The number of rotatable bonds is 3. The van der Waals surface area contributed by atoms with Crippen LogP contribution in [0.25, 0.3) is 11.0 Å².